The van der Waals surface area contributed by atoms with Gasteiger partial charge in [0.25, 0.3) is 0 Å². The van der Waals surface area contributed by atoms with Crippen LogP contribution >= 0.6 is 23.3 Å². The van der Waals surface area contributed by atoms with E-state index in [1.807, 2.05) is 24.3 Å². The summed E-state index contributed by atoms with van der Waals surface area (Å²) in [7, 11) is 0. The minimum absolute atomic E-state index is 0.0696. The Hall–Kier alpha value is -1.43. The number of rotatable bonds is 5. The maximum absolute atomic E-state index is 6.01. The normalized spacial score (nSPS) is 12.9. The van der Waals surface area contributed by atoms with Crippen molar-refractivity contribution < 1.29 is 4.42 Å². The van der Waals surface area contributed by atoms with Crippen LogP contribution in [-0.4, -0.2) is 15.3 Å². The van der Waals surface area contributed by atoms with Gasteiger partial charge in [-0.2, -0.15) is 8.75 Å². The van der Waals surface area contributed by atoms with E-state index in [1.54, 1.807) is 6.20 Å². The third kappa shape index (κ3) is 2.70. The molecule has 0 aliphatic carbocycles. The Kier molecular flexibility index (Phi) is 4.00. The van der Waals surface area contributed by atoms with Gasteiger partial charge >= 0.3 is 0 Å². The number of nitrogens with one attached hydrogen (secondary N) is 1. The Bertz CT molecular complexity index is 696. The summed E-state index contributed by atoms with van der Waals surface area (Å²) >= 11 is 7.22. The molecule has 1 atom stereocenters. The molecule has 1 unspecified atom stereocenters. The first-order chi connectivity index (χ1) is 9.78. The smallest absolute Gasteiger partial charge is 0.134 e. The number of nitrogens with zero attached hydrogens (tertiary/aromatic N) is 2. The van der Waals surface area contributed by atoms with Crippen LogP contribution in [0.4, 0.5) is 0 Å². The predicted molar refractivity (Wildman–Crippen MR) is 81.3 cm³/mol. The molecule has 6 heteroatoms. The van der Waals surface area contributed by atoms with Crippen LogP contribution in [0.1, 0.15) is 30.8 Å². The van der Waals surface area contributed by atoms with E-state index in [0.717, 1.165) is 35.4 Å². The van der Waals surface area contributed by atoms with Crippen molar-refractivity contribution in [1.29, 1.82) is 0 Å². The molecule has 2 aromatic heterocycles. The van der Waals surface area contributed by atoms with Gasteiger partial charge in [-0.05, 0) is 37.2 Å². The molecular weight excluding hydrogens is 294 g/mol. The second-order valence-corrected chi connectivity index (χ2v) is 5.54. The van der Waals surface area contributed by atoms with Crippen molar-refractivity contribution in [3.63, 3.8) is 0 Å². The van der Waals surface area contributed by atoms with Gasteiger partial charge in [-0.15, -0.1) is 0 Å². The van der Waals surface area contributed by atoms with Crippen LogP contribution < -0.4 is 5.32 Å². The maximum Gasteiger partial charge on any atom is 0.134 e. The predicted octanol–water partition coefficient (Wildman–Crippen LogP) is 4.03. The number of benzene rings is 1. The SMILES string of the molecule is CCCNC(c1cnsn1)c1cc2cc(Cl)ccc2o1. The fourth-order valence-corrected chi connectivity index (χ4v) is 2.75. The number of hydrogen-bond donors (Lipinski definition) is 1. The fourth-order valence-electron chi connectivity index (χ4n) is 2.12. The third-order valence-electron chi connectivity index (χ3n) is 3.05. The van der Waals surface area contributed by atoms with E-state index in [-0.39, 0.29) is 6.04 Å². The summed E-state index contributed by atoms with van der Waals surface area (Å²) in [5.74, 6) is 0.836. The van der Waals surface area contributed by atoms with Crippen molar-refractivity contribution in [3.05, 3.63) is 46.9 Å². The molecule has 0 saturated heterocycles. The van der Waals surface area contributed by atoms with Crippen LogP contribution in [0.25, 0.3) is 11.0 Å². The second kappa shape index (κ2) is 5.91. The van der Waals surface area contributed by atoms with Gasteiger partial charge in [-0.25, -0.2) is 0 Å². The highest BCUT2D eigenvalue weighted by Gasteiger charge is 2.20. The van der Waals surface area contributed by atoms with E-state index >= 15 is 0 Å². The number of fused-ring (bicyclic) bond motifs is 1. The van der Waals surface area contributed by atoms with Gasteiger partial charge in [-0.1, -0.05) is 18.5 Å². The second-order valence-electron chi connectivity index (χ2n) is 4.55. The van der Waals surface area contributed by atoms with Crippen molar-refractivity contribution in [1.82, 2.24) is 14.1 Å². The molecule has 0 aliphatic heterocycles. The zero-order valence-corrected chi connectivity index (χ0v) is 12.5. The lowest BCUT2D eigenvalue weighted by atomic mass is 10.1. The van der Waals surface area contributed by atoms with Gasteiger partial charge in [-0.3, -0.25) is 0 Å². The molecule has 2 heterocycles. The highest BCUT2D eigenvalue weighted by Crippen LogP contribution is 2.29. The van der Waals surface area contributed by atoms with Gasteiger partial charge < -0.3 is 9.73 Å². The number of halogens is 1. The van der Waals surface area contributed by atoms with Crippen LogP contribution in [0.15, 0.2) is 34.9 Å². The molecule has 0 fully saturated rings. The highest BCUT2D eigenvalue weighted by atomic mass is 35.5. The quantitative estimate of drug-likeness (QED) is 0.773. The third-order valence-corrected chi connectivity index (χ3v) is 3.78. The van der Waals surface area contributed by atoms with Crippen LogP contribution in [0.5, 0.6) is 0 Å². The molecular formula is C14H14ClN3OS. The van der Waals surface area contributed by atoms with Gasteiger partial charge in [0, 0.05) is 10.4 Å². The van der Waals surface area contributed by atoms with Gasteiger partial charge in [0.1, 0.15) is 17.4 Å². The summed E-state index contributed by atoms with van der Waals surface area (Å²) in [6.07, 6.45) is 2.82. The van der Waals surface area contributed by atoms with Crippen LogP contribution in [0.2, 0.25) is 5.02 Å². The molecule has 4 nitrogen and oxygen atoms in total. The van der Waals surface area contributed by atoms with Crippen molar-refractivity contribution in [3.8, 4) is 0 Å². The molecule has 104 valence electrons. The first kappa shape index (κ1) is 13.5. The van der Waals surface area contributed by atoms with Gasteiger partial charge in [0.05, 0.1) is 23.6 Å². The summed E-state index contributed by atoms with van der Waals surface area (Å²) in [5.41, 5.74) is 1.71. The van der Waals surface area contributed by atoms with Crippen molar-refractivity contribution in [2.24, 2.45) is 0 Å². The first-order valence-electron chi connectivity index (χ1n) is 6.47. The van der Waals surface area contributed by atoms with Crippen molar-refractivity contribution >= 4 is 34.3 Å². The largest absolute Gasteiger partial charge is 0.459 e. The summed E-state index contributed by atoms with van der Waals surface area (Å²) in [6.45, 7) is 3.02. The average Bonchev–Trinajstić information content (AvgIpc) is 3.08. The number of aromatic nitrogens is 2. The summed E-state index contributed by atoms with van der Waals surface area (Å²) < 4.78 is 14.3. The van der Waals surface area contributed by atoms with Crippen LogP contribution in [0, 0.1) is 0 Å². The van der Waals surface area contributed by atoms with E-state index in [1.165, 1.54) is 11.7 Å². The van der Waals surface area contributed by atoms with Crippen molar-refractivity contribution in [2.45, 2.75) is 19.4 Å². The van der Waals surface area contributed by atoms with E-state index in [0.29, 0.717) is 5.02 Å². The Morgan fingerprint density at radius 3 is 3.05 bits per heavy atom. The zero-order chi connectivity index (χ0) is 13.9. The first-order valence-corrected chi connectivity index (χ1v) is 7.58. The lowest BCUT2D eigenvalue weighted by Gasteiger charge is -2.12. The van der Waals surface area contributed by atoms with Gasteiger partial charge in [0.15, 0.2) is 0 Å². The molecule has 0 bridgehead atoms. The molecule has 0 aliphatic rings. The maximum atomic E-state index is 6.01. The Morgan fingerprint density at radius 1 is 1.40 bits per heavy atom. The van der Waals surface area contributed by atoms with E-state index in [2.05, 4.69) is 21.0 Å². The molecule has 20 heavy (non-hydrogen) atoms. The highest BCUT2D eigenvalue weighted by molar-refractivity contribution is 6.99. The minimum Gasteiger partial charge on any atom is -0.459 e. The Morgan fingerprint density at radius 2 is 2.30 bits per heavy atom. The fraction of sp³-hybridized carbons (Fsp3) is 0.286. The van der Waals surface area contributed by atoms with E-state index in [4.69, 9.17) is 16.0 Å². The molecule has 0 saturated carbocycles. The summed E-state index contributed by atoms with van der Waals surface area (Å²) in [6, 6.07) is 7.56. The molecule has 0 amide bonds. The topological polar surface area (TPSA) is 51.0 Å². The van der Waals surface area contributed by atoms with E-state index < -0.39 is 0 Å². The number of furan rings is 1. The Labute approximate surface area is 126 Å². The molecule has 0 spiro atoms. The Balaban J connectivity index is 1.99. The molecule has 1 aromatic carbocycles. The molecule has 3 aromatic rings. The molecule has 1 N–H and O–H groups in total. The zero-order valence-electron chi connectivity index (χ0n) is 11.0. The van der Waals surface area contributed by atoms with Gasteiger partial charge in [0.2, 0.25) is 0 Å². The van der Waals surface area contributed by atoms with Crippen molar-refractivity contribution in [2.75, 3.05) is 6.54 Å². The monoisotopic (exact) mass is 307 g/mol. The summed E-state index contributed by atoms with van der Waals surface area (Å²) in [4.78, 5) is 0. The van der Waals surface area contributed by atoms with Crippen LogP contribution in [0.3, 0.4) is 0 Å². The van der Waals surface area contributed by atoms with E-state index in [9.17, 15) is 0 Å². The minimum atomic E-state index is -0.0696. The lowest BCUT2D eigenvalue weighted by molar-refractivity contribution is 0.465. The lowest BCUT2D eigenvalue weighted by Crippen LogP contribution is -2.23. The van der Waals surface area contributed by atoms with Crippen LogP contribution in [-0.2, 0) is 0 Å². The molecule has 0 radical (unpaired) electrons. The summed E-state index contributed by atoms with van der Waals surface area (Å²) in [5, 5.41) is 5.15. The molecule has 3 rings (SSSR count). The standard InChI is InChI=1S/C14H14ClN3OS/c1-2-5-16-14(11-8-17-20-18-11)13-7-9-6-10(15)3-4-12(9)19-13/h3-4,6-8,14,16H,2,5H2,1H3. The average molecular weight is 308 g/mol. The number of hydrogen-bond acceptors (Lipinski definition) is 5.